The van der Waals surface area contributed by atoms with Gasteiger partial charge in [-0.25, -0.2) is 4.79 Å². The molecule has 3 amide bonds. The van der Waals surface area contributed by atoms with E-state index < -0.39 is 0 Å². The second-order valence-corrected chi connectivity index (χ2v) is 5.77. The fraction of sp³-hybridized carbons (Fsp3) is 0.158. The van der Waals surface area contributed by atoms with Crippen LogP contribution < -0.4 is 16.0 Å². The number of carbonyl (C=O) groups is 2. The Balaban J connectivity index is 1.59. The summed E-state index contributed by atoms with van der Waals surface area (Å²) in [4.78, 5) is 26.4. The summed E-state index contributed by atoms with van der Waals surface area (Å²) in [5.74, 6) is -0.112. The molecule has 0 aliphatic carbocycles. The molecule has 0 spiro atoms. The van der Waals surface area contributed by atoms with E-state index in [1.165, 1.54) is 6.92 Å². The molecule has 6 nitrogen and oxygen atoms in total. The summed E-state index contributed by atoms with van der Waals surface area (Å²) in [7, 11) is 0. The van der Waals surface area contributed by atoms with Crippen LogP contribution in [0, 0.1) is 0 Å². The lowest BCUT2D eigenvalue weighted by Gasteiger charge is -2.12. The number of aromatic nitrogens is 1. The van der Waals surface area contributed by atoms with E-state index in [2.05, 4.69) is 20.9 Å². The number of H-pyrrole nitrogens is 1. The fourth-order valence-electron chi connectivity index (χ4n) is 2.58. The van der Waals surface area contributed by atoms with Crippen molar-refractivity contribution in [3.8, 4) is 0 Å². The van der Waals surface area contributed by atoms with Crippen LogP contribution in [0.2, 0.25) is 0 Å². The maximum Gasteiger partial charge on any atom is 0.319 e. The summed E-state index contributed by atoms with van der Waals surface area (Å²) >= 11 is 0. The molecule has 0 fully saturated rings. The molecule has 3 aromatic rings. The summed E-state index contributed by atoms with van der Waals surface area (Å²) in [5, 5.41) is 9.52. The van der Waals surface area contributed by atoms with E-state index in [9.17, 15) is 9.59 Å². The highest BCUT2D eigenvalue weighted by Crippen LogP contribution is 2.16. The van der Waals surface area contributed by atoms with Gasteiger partial charge in [-0.3, -0.25) is 4.79 Å². The number of hydrogen-bond acceptors (Lipinski definition) is 2. The topological polar surface area (TPSA) is 86.0 Å². The van der Waals surface area contributed by atoms with Gasteiger partial charge in [-0.2, -0.15) is 0 Å². The molecule has 0 aliphatic rings. The molecular formula is C19H20N4O2. The number of hydrogen-bond donors (Lipinski definition) is 4. The third kappa shape index (κ3) is 4.38. The van der Waals surface area contributed by atoms with Crippen LogP contribution in [0.25, 0.3) is 10.9 Å². The van der Waals surface area contributed by atoms with Gasteiger partial charge in [-0.05, 0) is 40.8 Å². The Labute approximate surface area is 145 Å². The van der Waals surface area contributed by atoms with Crippen LogP contribution in [-0.4, -0.2) is 16.9 Å². The first-order valence-electron chi connectivity index (χ1n) is 8.05. The average molecular weight is 336 g/mol. The molecule has 0 atom stereocenters. The van der Waals surface area contributed by atoms with Crippen LogP contribution in [-0.2, 0) is 17.9 Å². The maximum atomic E-state index is 12.2. The van der Waals surface area contributed by atoms with Gasteiger partial charge in [0.1, 0.15) is 0 Å². The molecule has 1 heterocycles. The fourth-order valence-corrected chi connectivity index (χ4v) is 2.58. The first-order chi connectivity index (χ1) is 12.1. The number of para-hydroxylation sites is 1. The van der Waals surface area contributed by atoms with Crippen LogP contribution in [0.5, 0.6) is 0 Å². The predicted molar refractivity (Wildman–Crippen MR) is 98.1 cm³/mol. The van der Waals surface area contributed by atoms with Gasteiger partial charge < -0.3 is 20.9 Å². The summed E-state index contributed by atoms with van der Waals surface area (Å²) in [6.07, 6.45) is 1.89. The summed E-state index contributed by atoms with van der Waals surface area (Å²) in [6, 6.07) is 15.1. The van der Waals surface area contributed by atoms with Crippen molar-refractivity contribution in [1.29, 1.82) is 0 Å². The molecule has 4 N–H and O–H groups in total. The molecule has 2 aromatic carbocycles. The molecule has 0 bridgehead atoms. The van der Waals surface area contributed by atoms with Gasteiger partial charge in [0, 0.05) is 37.4 Å². The van der Waals surface area contributed by atoms with E-state index in [1.807, 2.05) is 54.7 Å². The first-order valence-corrected chi connectivity index (χ1v) is 8.05. The largest absolute Gasteiger partial charge is 0.361 e. The number of urea groups is 1. The van der Waals surface area contributed by atoms with Gasteiger partial charge >= 0.3 is 6.03 Å². The first kappa shape index (κ1) is 16.6. The van der Waals surface area contributed by atoms with Gasteiger partial charge in [0.05, 0.1) is 0 Å². The van der Waals surface area contributed by atoms with E-state index in [0.717, 1.165) is 22.0 Å². The van der Waals surface area contributed by atoms with Gasteiger partial charge in [0.15, 0.2) is 0 Å². The number of nitrogens with one attached hydrogen (secondary N) is 4. The number of anilines is 1. The number of benzene rings is 2. The average Bonchev–Trinajstić information content (AvgIpc) is 3.07. The molecular weight excluding hydrogens is 316 g/mol. The molecule has 0 saturated carbocycles. The third-order valence-electron chi connectivity index (χ3n) is 3.86. The van der Waals surface area contributed by atoms with Gasteiger partial charge in [-0.1, -0.05) is 24.3 Å². The SMILES string of the molecule is CC(=O)NCc1ccccc1NC(=O)NCc1ccc2[nH]ccc2c1. The van der Waals surface area contributed by atoms with E-state index in [1.54, 1.807) is 0 Å². The van der Waals surface area contributed by atoms with Crippen molar-refractivity contribution in [2.24, 2.45) is 0 Å². The Morgan fingerprint density at radius 3 is 2.68 bits per heavy atom. The number of rotatable bonds is 5. The van der Waals surface area contributed by atoms with Crippen molar-refractivity contribution in [3.63, 3.8) is 0 Å². The summed E-state index contributed by atoms with van der Waals surface area (Å²) < 4.78 is 0. The maximum absolute atomic E-state index is 12.2. The minimum Gasteiger partial charge on any atom is -0.361 e. The Kier molecular flexibility index (Phi) is 4.99. The molecule has 0 radical (unpaired) electrons. The molecule has 3 rings (SSSR count). The number of amides is 3. The van der Waals surface area contributed by atoms with E-state index in [4.69, 9.17) is 0 Å². The normalized spacial score (nSPS) is 10.4. The molecule has 25 heavy (non-hydrogen) atoms. The zero-order valence-electron chi connectivity index (χ0n) is 13.9. The lowest BCUT2D eigenvalue weighted by atomic mass is 10.1. The van der Waals surface area contributed by atoms with Crippen molar-refractivity contribution < 1.29 is 9.59 Å². The van der Waals surface area contributed by atoms with Gasteiger partial charge in [0.25, 0.3) is 0 Å². The predicted octanol–water partition coefficient (Wildman–Crippen LogP) is 3.13. The zero-order valence-corrected chi connectivity index (χ0v) is 13.9. The van der Waals surface area contributed by atoms with Crippen LogP contribution in [0.3, 0.4) is 0 Å². The van der Waals surface area contributed by atoms with Crippen molar-refractivity contribution in [2.45, 2.75) is 20.0 Å². The van der Waals surface area contributed by atoms with E-state index in [-0.39, 0.29) is 11.9 Å². The Morgan fingerprint density at radius 1 is 1.00 bits per heavy atom. The molecule has 1 aromatic heterocycles. The molecule has 0 aliphatic heterocycles. The molecule has 0 saturated heterocycles. The highest BCUT2D eigenvalue weighted by Gasteiger charge is 2.07. The standard InChI is InChI=1S/C19H20N4O2/c1-13(24)21-12-16-4-2-3-5-18(16)23-19(25)22-11-14-6-7-17-15(10-14)8-9-20-17/h2-10,20H,11-12H2,1H3,(H,21,24)(H2,22,23,25). The monoisotopic (exact) mass is 336 g/mol. The van der Waals surface area contributed by atoms with Crippen LogP contribution in [0.4, 0.5) is 10.5 Å². The lowest BCUT2D eigenvalue weighted by Crippen LogP contribution is -2.29. The Bertz CT molecular complexity index is 901. The Hall–Kier alpha value is -3.28. The molecule has 0 unspecified atom stereocenters. The lowest BCUT2D eigenvalue weighted by molar-refractivity contribution is -0.119. The van der Waals surface area contributed by atoms with E-state index in [0.29, 0.717) is 18.8 Å². The van der Waals surface area contributed by atoms with Gasteiger partial charge in [0.2, 0.25) is 5.91 Å². The van der Waals surface area contributed by atoms with Crippen molar-refractivity contribution in [3.05, 3.63) is 65.9 Å². The van der Waals surface area contributed by atoms with E-state index >= 15 is 0 Å². The highest BCUT2D eigenvalue weighted by molar-refractivity contribution is 5.90. The summed E-state index contributed by atoms with van der Waals surface area (Å²) in [5.41, 5.74) is 3.62. The summed E-state index contributed by atoms with van der Waals surface area (Å²) in [6.45, 7) is 2.26. The number of carbonyl (C=O) groups excluding carboxylic acids is 2. The smallest absolute Gasteiger partial charge is 0.319 e. The van der Waals surface area contributed by atoms with Crippen LogP contribution >= 0.6 is 0 Å². The Morgan fingerprint density at radius 2 is 1.84 bits per heavy atom. The molecule has 6 heteroatoms. The third-order valence-corrected chi connectivity index (χ3v) is 3.86. The molecule has 128 valence electrons. The van der Waals surface area contributed by atoms with Crippen LogP contribution in [0.1, 0.15) is 18.1 Å². The van der Waals surface area contributed by atoms with Crippen molar-refractivity contribution in [2.75, 3.05) is 5.32 Å². The quantitative estimate of drug-likeness (QED) is 0.577. The van der Waals surface area contributed by atoms with Gasteiger partial charge in [-0.15, -0.1) is 0 Å². The van der Waals surface area contributed by atoms with Crippen LogP contribution in [0.15, 0.2) is 54.7 Å². The van der Waals surface area contributed by atoms with Crippen molar-refractivity contribution >= 4 is 28.5 Å². The zero-order chi connectivity index (χ0) is 17.6. The minimum atomic E-state index is -0.288. The number of aromatic amines is 1. The second-order valence-electron chi connectivity index (χ2n) is 5.77. The minimum absolute atomic E-state index is 0.112. The highest BCUT2D eigenvalue weighted by atomic mass is 16.2. The van der Waals surface area contributed by atoms with Crippen molar-refractivity contribution in [1.82, 2.24) is 15.6 Å². The number of fused-ring (bicyclic) bond motifs is 1. The second kappa shape index (κ2) is 7.53.